The van der Waals surface area contributed by atoms with Crippen molar-refractivity contribution in [1.82, 2.24) is 5.32 Å². The molecule has 1 nitrogen and oxygen atoms in total. The van der Waals surface area contributed by atoms with Crippen molar-refractivity contribution >= 4 is 0 Å². The van der Waals surface area contributed by atoms with E-state index >= 15 is 0 Å². The number of allylic oxidation sites excluding steroid dienone is 4. The van der Waals surface area contributed by atoms with Crippen LogP contribution in [0.25, 0.3) is 0 Å². The average molecular weight is 120 g/mol. The molecule has 0 amide bonds. The Balaban J connectivity index is 2.66. The van der Waals surface area contributed by atoms with Gasteiger partial charge in [0.25, 0.3) is 0 Å². The van der Waals surface area contributed by atoms with Gasteiger partial charge in [0.05, 0.1) is 5.70 Å². The summed E-state index contributed by atoms with van der Waals surface area (Å²) in [6, 6.07) is 0. The zero-order chi connectivity index (χ0) is 6.69. The fourth-order valence-corrected chi connectivity index (χ4v) is 0.682. The summed E-state index contributed by atoms with van der Waals surface area (Å²) in [6.07, 6.45) is 7.82. The van der Waals surface area contributed by atoms with Gasteiger partial charge in [0.2, 0.25) is 0 Å². The molecule has 0 spiro atoms. The molecule has 0 N–H and O–H groups in total. The summed E-state index contributed by atoms with van der Waals surface area (Å²) >= 11 is 0. The summed E-state index contributed by atoms with van der Waals surface area (Å²) in [6.45, 7) is 4.08. The summed E-state index contributed by atoms with van der Waals surface area (Å²) in [5.74, 6) is 0. The summed E-state index contributed by atoms with van der Waals surface area (Å²) in [5.41, 5.74) is 2.32. The fourth-order valence-electron chi connectivity index (χ4n) is 0.682. The van der Waals surface area contributed by atoms with Crippen LogP contribution in [0.15, 0.2) is 35.7 Å². The van der Waals surface area contributed by atoms with Gasteiger partial charge < -0.3 is 0 Å². The molecule has 0 aromatic heterocycles. The van der Waals surface area contributed by atoms with Gasteiger partial charge in [-0.05, 0) is 31.6 Å². The molecule has 1 aliphatic rings. The molecule has 0 aromatic rings. The lowest BCUT2D eigenvalue weighted by Crippen LogP contribution is -1.92. The van der Waals surface area contributed by atoms with Crippen molar-refractivity contribution in [3.63, 3.8) is 0 Å². The lowest BCUT2D eigenvalue weighted by molar-refractivity contribution is 1.07. The normalized spacial score (nSPS) is 17.6. The van der Waals surface area contributed by atoms with Crippen molar-refractivity contribution in [3.05, 3.63) is 35.7 Å². The van der Waals surface area contributed by atoms with E-state index < -0.39 is 0 Å². The molecule has 0 aliphatic carbocycles. The summed E-state index contributed by atoms with van der Waals surface area (Å²) in [7, 11) is 0. The van der Waals surface area contributed by atoms with Crippen LogP contribution in [0, 0.1) is 0 Å². The zero-order valence-corrected chi connectivity index (χ0v) is 5.76. The Bertz CT molecular complexity index is 185. The highest BCUT2D eigenvalue weighted by Crippen LogP contribution is 2.10. The van der Waals surface area contributed by atoms with Crippen molar-refractivity contribution in [2.24, 2.45) is 0 Å². The molecule has 0 unspecified atom stereocenters. The van der Waals surface area contributed by atoms with Crippen molar-refractivity contribution in [1.29, 1.82) is 0 Å². The number of rotatable bonds is 1. The topological polar surface area (TPSA) is 14.1 Å². The van der Waals surface area contributed by atoms with Crippen LogP contribution in [-0.4, -0.2) is 0 Å². The molecule has 0 fully saturated rings. The van der Waals surface area contributed by atoms with Crippen LogP contribution < -0.4 is 5.32 Å². The largest absolute Gasteiger partial charge is 0.257 e. The van der Waals surface area contributed by atoms with E-state index in [4.69, 9.17) is 0 Å². The minimum atomic E-state index is 1.08. The molecule has 0 aromatic carbocycles. The summed E-state index contributed by atoms with van der Waals surface area (Å²) in [5, 5.41) is 4.12. The molecule has 1 rings (SSSR count). The van der Waals surface area contributed by atoms with E-state index in [1.807, 2.05) is 25.3 Å². The van der Waals surface area contributed by atoms with Crippen LogP contribution >= 0.6 is 0 Å². The van der Waals surface area contributed by atoms with Gasteiger partial charge in [0, 0.05) is 6.20 Å². The van der Waals surface area contributed by atoms with Crippen molar-refractivity contribution in [2.45, 2.75) is 13.8 Å². The van der Waals surface area contributed by atoms with Crippen LogP contribution in [0.4, 0.5) is 0 Å². The Labute approximate surface area is 55.8 Å². The van der Waals surface area contributed by atoms with Crippen molar-refractivity contribution < 1.29 is 0 Å². The lowest BCUT2D eigenvalue weighted by atomic mass is 10.2. The van der Waals surface area contributed by atoms with Gasteiger partial charge in [-0.2, -0.15) is 0 Å². The minimum Gasteiger partial charge on any atom is -0.257 e. The van der Waals surface area contributed by atoms with Gasteiger partial charge in [-0.15, -0.1) is 0 Å². The Morgan fingerprint density at radius 2 is 2.44 bits per heavy atom. The second-order valence-corrected chi connectivity index (χ2v) is 1.99. The first-order valence-electron chi connectivity index (χ1n) is 3.05. The van der Waals surface area contributed by atoms with Crippen LogP contribution in [-0.2, 0) is 0 Å². The maximum atomic E-state index is 4.12. The smallest absolute Gasteiger partial charge is 0.0656 e. The Morgan fingerprint density at radius 3 is 2.89 bits per heavy atom. The third kappa shape index (κ3) is 1.22. The molecule has 1 heteroatoms. The van der Waals surface area contributed by atoms with E-state index in [1.165, 1.54) is 5.57 Å². The molecular weight excluding hydrogens is 110 g/mol. The highest BCUT2D eigenvalue weighted by atomic mass is 14.9. The molecule has 0 saturated heterocycles. The molecule has 1 heterocycles. The predicted octanol–water partition coefficient (Wildman–Crippen LogP) is 1.97. The number of hydrogen-bond acceptors (Lipinski definition) is 0. The van der Waals surface area contributed by atoms with Gasteiger partial charge >= 0.3 is 0 Å². The van der Waals surface area contributed by atoms with Crippen LogP contribution in [0.5, 0.6) is 0 Å². The molecular formula is C8H10N. The van der Waals surface area contributed by atoms with Gasteiger partial charge in [-0.25, -0.2) is 0 Å². The van der Waals surface area contributed by atoms with Gasteiger partial charge in [0.15, 0.2) is 0 Å². The van der Waals surface area contributed by atoms with E-state index in [-0.39, 0.29) is 0 Å². The number of nitrogens with zero attached hydrogens (tertiary/aromatic N) is 1. The SMILES string of the molecule is C/C=C(/C)C1=CC=C[N]1. The maximum Gasteiger partial charge on any atom is 0.0656 e. The van der Waals surface area contributed by atoms with Crippen molar-refractivity contribution in [2.75, 3.05) is 0 Å². The third-order valence-corrected chi connectivity index (χ3v) is 1.39. The summed E-state index contributed by atoms with van der Waals surface area (Å²) < 4.78 is 0. The van der Waals surface area contributed by atoms with E-state index in [2.05, 4.69) is 18.3 Å². The van der Waals surface area contributed by atoms with Crippen LogP contribution in [0.3, 0.4) is 0 Å². The first-order valence-corrected chi connectivity index (χ1v) is 3.05. The quantitative estimate of drug-likeness (QED) is 0.502. The molecule has 1 aliphatic heterocycles. The highest BCUT2D eigenvalue weighted by molar-refractivity contribution is 5.34. The first-order chi connectivity index (χ1) is 4.34. The second kappa shape index (κ2) is 2.53. The van der Waals surface area contributed by atoms with Crippen LogP contribution in [0.2, 0.25) is 0 Å². The molecule has 47 valence electrons. The first kappa shape index (κ1) is 6.14. The van der Waals surface area contributed by atoms with Crippen LogP contribution in [0.1, 0.15) is 13.8 Å². The van der Waals surface area contributed by atoms with E-state index in [1.54, 1.807) is 0 Å². The van der Waals surface area contributed by atoms with Crippen molar-refractivity contribution in [3.8, 4) is 0 Å². The fraction of sp³-hybridized carbons (Fsp3) is 0.250. The maximum absolute atomic E-state index is 4.12. The third-order valence-electron chi connectivity index (χ3n) is 1.39. The molecule has 0 saturated carbocycles. The van der Waals surface area contributed by atoms with Gasteiger partial charge in [-0.1, -0.05) is 6.08 Å². The second-order valence-electron chi connectivity index (χ2n) is 1.99. The Kier molecular flexibility index (Phi) is 1.73. The zero-order valence-electron chi connectivity index (χ0n) is 5.76. The number of hydrogen-bond donors (Lipinski definition) is 0. The molecule has 0 atom stereocenters. The molecule has 1 radical (unpaired) electrons. The average Bonchev–Trinajstić information content (AvgIpc) is 2.37. The standard InChI is InChI=1S/C8H10N/c1-3-7(2)8-5-4-6-9-8/h3-6H,1-2H3/b7-3-. The highest BCUT2D eigenvalue weighted by Gasteiger charge is 1.99. The van der Waals surface area contributed by atoms with Gasteiger partial charge in [0.1, 0.15) is 0 Å². The van der Waals surface area contributed by atoms with E-state index in [0.717, 1.165) is 5.70 Å². The molecule has 0 bridgehead atoms. The Hall–Kier alpha value is -0.980. The van der Waals surface area contributed by atoms with E-state index in [9.17, 15) is 0 Å². The minimum absolute atomic E-state index is 1.08. The van der Waals surface area contributed by atoms with E-state index in [0.29, 0.717) is 0 Å². The molecule has 9 heavy (non-hydrogen) atoms. The monoisotopic (exact) mass is 120 g/mol. The summed E-state index contributed by atoms with van der Waals surface area (Å²) in [4.78, 5) is 0. The Morgan fingerprint density at radius 1 is 1.67 bits per heavy atom. The lowest BCUT2D eigenvalue weighted by Gasteiger charge is -1.97. The predicted molar refractivity (Wildman–Crippen MR) is 38.8 cm³/mol. The van der Waals surface area contributed by atoms with Gasteiger partial charge in [-0.3, -0.25) is 5.32 Å².